The van der Waals surface area contributed by atoms with Crippen LogP contribution in [0.3, 0.4) is 0 Å². The van der Waals surface area contributed by atoms with Crippen molar-refractivity contribution in [3.63, 3.8) is 0 Å². The summed E-state index contributed by atoms with van der Waals surface area (Å²) in [6.07, 6.45) is 0.902. The predicted octanol–water partition coefficient (Wildman–Crippen LogP) is 6.59. The second kappa shape index (κ2) is 7.08. The Morgan fingerprint density at radius 2 is 1.44 bits per heavy atom. The van der Waals surface area contributed by atoms with Crippen molar-refractivity contribution in [1.29, 1.82) is 5.26 Å². The number of rotatable bonds is 2. The molecule has 150 valence electrons. The van der Waals surface area contributed by atoms with E-state index in [2.05, 4.69) is 83.8 Å². The lowest BCUT2D eigenvalue weighted by molar-refractivity contribution is 1.26. The van der Waals surface area contributed by atoms with E-state index >= 15 is 0 Å². The van der Waals surface area contributed by atoms with E-state index in [-0.39, 0.29) is 5.82 Å². The minimum Gasteiger partial charge on any atom is -0.383 e. The minimum absolute atomic E-state index is 0.261. The second-order valence-corrected chi connectivity index (χ2v) is 8.19. The Hall–Kier alpha value is -4.42. The van der Waals surface area contributed by atoms with Crippen molar-refractivity contribution in [3.8, 4) is 39.6 Å². The first-order chi connectivity index (χ1) is 15.7. The summed E-state index contributed by atoms with van der Waals surface area (Å²) >= 11 is 0. The first-order valence-corrected chi connectivity index (χ1v) is 10.6. The van der Waals surface area contributed by atoms with Crippen LogP contribution in [0.15, 0.2) is 91.0 Å². The number of fused-ring (bicyclic) bond motifs is 4. The Kier molecular flexibility index (Phi) is 4.06. The number of hydrogen-bond donors (Lipinski definition) is 1. The number of nitrogens with two attached hydrogens (primary N) is 1. The number of nitrogens with zero attached hydrogens (tertiary/aromatic N) is 2. The molecule has 0 bridgehead atoms. The SMILES string of the molecule is N#Cc1c(-c2ccc3c(c2)Cc2ccccc2-3)cc(-c2ccc3ccccc3c2)nc1N. The monoisotopic (exact) mass is 409 g/mol. The summed E-state index contributed by atoms with van der Waals surface area (Å²) in [4.78, 5) is 4.57. The molecule has 0 spiro atoms. The van der Waals surface area contributed by atoms with Crippen LogP contribution in [0.2, 0.25) is 0 Å². The van der Waals surface area contributed by atoms with Crippen LogP contribution in [0.1, 0.15) is 16.7 Å². The maximum atomic E-state index is 9.83. The first kappa shape index (κ1) is 18.4. The fourth-order valence-corrected chi connectivity index (χ4v) is 4.72. The third kappa shape index (κ3) is 2.85. The van der Waals surface area contributed by atoms with Crippen molar-refractivity contribution in [2.24, 2.45) is 0 Å². The third-order valence-electron chi connectivity index (χ3n) is 6.31. The van der Waals surface area contributed by atoms with Crippen LogP contribution in [0.4, 0.5) is 5.82 Å². The van der Waals surface area contributed by atoms with Crippen molar-refractivity contribution in [1.82, 2.24) is 4.98 Å². The van der Waals surface area contributed by atoms with Gasteiger partial charge in [-0.1, -0.05) is 78.9 Å². The Morgan fingerprint density at radius 1 is 0.688 bits per heavy atom. The number of nitriles is 1. The lowest BCUT2D eigenvalue weighted by atomic mass is 9.95. The zero-order valence-corrected chi connectivity index (χ0v) is 17.3. The third-order valence-corrected chi connectivity index (χ3v) is 6.31. The zero-order valence-electron chi connectivity index (χ0n) is 17.3. The Morgan fingerprint density at radius 3 is 2.31 bits per heavy atom. The zero-order chi connectivity index (χ0) is 21.7. The van der Waals surface area contributed by atoms with E-state index in [0.29, 0.717) is 5.56 Å². The lowest BCUT2D eigenvalue weighted by Gasteiger charge is -2.12. The maximum Gasteiger partial charge on any atom is 0.142 e. The van der Waals surface area contributed by atoms with E-state index in [1.807, 2.05) is 18.2 Å². The van der Waals surface area contributed by atoms with Gasteiger partial charge in [-0.05, 0) is 57.1 Å². The Balaban J connectivity index is 1.50. The second-order valence-electron chi connectivity index (χ2n) is 8.19. The average molecular weight is 409 g/mol. The van der Waals surface area contributed by atoms with Gasteiger partial charge >= 0.3 is 0 Å². The van der Waals surface area contributed by atoms with E-state index < -0.39 is 0 Å². The van der Waals surface area contributed by atoms with Crippen LogP contribution in [-0.2, 0) is 6.42 Å². The molecule has 0 fully saturated rings. The van der Waals surface area contributed by atoms with Gasteiger partial charge in [0.2, 0.25) is 0 Å². The molecule has 5 aromatic rings. The van der Waals surface area contributed by atoms with Gasteiger partial charge in [-0.2, -0.15) is 5.26 Å². The van der Waals surface area contributed by atoms with Crippen LogP contribution in [-0.4, -0.2) is 4.98 Å². The first-order valence-electron chi connectivity index (χ1n) is 10.6. The molecule has 0 aliphatic heterocycles. The molecule has 3 nitrogen and oxygen atoms in total. The van der Waals surface area contributed by atoms with Gasteiger partial charge in [-0.25, -0.2) is 4.98 Å². The summed E-state index contributed by atoms with van der Waals surface area (Å²) in [5.74, 6) is 0.261. The summed E-state index contributed by atoms with van der Waals surface area (Å²) in [7, 11) is 0. The van der Waals surface area contributed by atoms with Crippen LogP contribution in [0, 0.1) is 11.3 Å². The summed E-state index contributed by atoms with van der Waals surface area (Å²) in [6.45, 7) is 0. The molecule has 1 heterocycles. The topological polar surface area (TPSA) is 62.7 Å². The molecule has 0 saturated heterocycles. The molecule has 1 aliphatic carbocycles. The minimum atomic E-state index is 0.261. The number of benzene rings is 4. The smallest absolute Gasteiger partial charge is 0.142 e. The molecule has 1 aliphatic rings. The standard InChI is InChI=1S/C29H19N3/c30-17-27-26(21-11-12-25-23(15-21)14-20-7-3-4-8-24(20)25)16-28(32-29(27)31)22-10-9-18-5-1-2-6-19(18)13-22/h1-13,15-16H,14H2,(H2,31,32). The fraction of sp³-hybridized carbons (Fsp3) is 0.0345. The molecule has 6 rings (SSSR count). The molecule has 1 aromatic heterocycles. The number of pyridine rings is 1. The van der Waals surface area contributed by atoms with Gasteiger partial charge in [0.1, 0.15) is 17.5 Å². The predicted molar refractivity (Wildman–Crippen MR) is 130 cm³/mol. The van der Waals surface area contributed by atoms with Crippen molar-refractivity contribution in [2.75, 3.05) is 5.73 Å². The highest BCUT2D eigenvalue weighted by atomic mass is 14.8. The number of anilines is 1. The van der Waals surface area contributed by atoms with Gasteiger partial charge in [0, 0.05) is 11.1 Å². The molecule has 4 aromatic carbocycles. The van der Waals surface area contributed by atoms with Crippen LogP contribution >= 0.6 is 0 Å². The van der Waals surface area contributed by atoms with Crippen LogP contribution < -0.4 is 5.73 Å². The largest absolute Gasteiger partial charge is 0.383 e. The highest BCUT2D eigenvalue weighted by Gasteiger charge is 2.20. The van der Waals surface area contributed by atoms with E-state index in [0.717, 1.165) is 34.2 Å². The Bertz CT molecular complexity index is 1570. The van der Waals surface area contributed by atoms with Gasteiger partial charge in [-0.15, -0.1) is 0 Å². The van der Waals surface area contributed by atoms with Crippen molar-refractivity contribution >= 4 is 16.6 Å². The summed E-state index contributed by atoms with van der Waals surface area (Å²) < 4.78 is 0. The van der Waals surface area contributed by atoms with Crippen LogP contribution in [0.5, 0.6) is 0 Å². The lowest BCUT2D eigenvalue weighted by Crippen LogP contribution is -2.00. The summed E-state index contributed by atoms with van der Waals surface area (Å²) in [5.41, 5.74) is 15.4. The highest BCUT2D eigenvalue weighted by molar-refractivity contribution is 5.89. The summed E-state index contributed by atoms with van der Waals surface area (Å²) in [5, 5.41) is 12.2. The van der Waals surface area contributed by atoms with E-state index in [9.17, 15) is 5.26 Å². The quantitative estimate of drug-likeness (QED) is 0.351. The highest BCUT2D eigenvalue weighted by Crippen LogP contribution is 2.40. The van der Waals surface area contributed by atoms with Crippen molar-refractivity contribution in [2.45, 2.75) is 6.42 Å². The molecule has 0 unspecified atom stereocenters. The van der Waals surface area contributed by atoms with Gasteiger partial charge in [0.05, 0.1) is 5.69 Å². The Labute approximate surface area is 186 Å². The molecule has 0 atom stereocenters. The summed E-state index contributed by atoms with van der Waals surface area (Å²) in [6, 6.07) is 33.7. The number of aromatic nitrogens is 1. The molecular weight excluding hydrogens is 390 g/mol. The van der Waals surface area contributed by atoms with Gasteiger partial charge in [0.25, 0.3) is 0 Å². The van der Waals surface area contributed by atoms with Gasteiger partial charge < -0.3 is 5.73 Å². The van der Waals surface area contributed by atoms with Gasteiger partial charge in [0.15, 0.2) is 0 Å². The number of nitrogen functional groups attached to an aromatic ring is 1. The molecular formula is C29H19N3. The van der Waals surface area contributed by atoms with Crippen LogP contribution in [0.25, 0.3) is 44.3 Å². The molecule has 0 amide bonds. The normalized spacial score (nSPS) is 11.7. The molecule has 0 radical (unpaired) electrons. The maximum absolute atomic E-state index is 9.83. The fourth-order valence-electron chi connectivity index (χ4n) is 4.72. The van der Waals surface area contributed by atoms with Gasteiger partial charge in [-0.3, -0.25) is 0 Å². The van der Waals surface area contributed by atoms with E-state index in [4.69, 9.17) is 5.73 Å². The van der Waals surface area contributed by atoms with Crippen molar-refractivity contribution in [3.05, 3.63) is 108 Å². The molecule has 2 N–H and O–H groups in total. The number of hydrogen-bond acceptors (Lipinski definition) is 3. The average Bonchev–Trinajstić information content (AvgIpc) is 3.21. The molecule has 3 heteroatoms. The van der Waals surface area contributed by atoms with E-state index in [1.54, 1.807) is 0 Å². The van der Waals surface area contributed by atoms with E-state index in [1.165, 1.54) is 27.6 Å². The molecule has 32 heavy (non-hydrogen) atoms. The molecule has 0 saturated carbocycles. The van der Waals surface area contributed by atoms with Crippen molar-refractivity contribution < 1.29 is 0 Å².